The predicted octanol–water partition coefficient (Wildman–Crippen LogP) is -0.0989. The standard InChI is InChI=1S/C9H21N3O/c1-8-9(2)12(6-7-13-10)5-4-11(8)3/h8-9H,4-7,10H2,1-3H3. The van der Waals surface area contributed by atoms with Crippen LogP contribution in [0.1, 0.15) is 13.8 Å². The lowest BCUT2D eigenvalue weighted by Crippen LogP contribution is -2.56. The molecule has 1 fully saturated rings. The molecule has 0 radical (unpaired) electrons. The highest BCUT2D eigenvalue weighted by Gasteiger charge is 2.27. The molecule has 1 saturated heterocycles. The molecule has 2 atom stereocenters. The van der Waals surface area contributed by atoms with Crippen LogP contribution in [0.3, 0.4) is 0 Å². The molecule has 1 rings (SSSR count). The van der Waals surface area contributed by atoms with E-state index in [-0.39, 0.29) is 0 Å². The molecule has 1 aliphatic heterocycles. The highest BCUT2D eigenvalue weighted by molar-refractivity contribution is 4.84. The zero-order valence-electron chi connectivity index (χ0n) is 8.86. The van der Waals surface area contributed by atoms with Gasteiger partial charge in [-0.1, -0.05) is 0 Å². The molecule has 2 N–H and O–H groups in total. The van der Waals surface area contributed by atoms with Gasteiger partial charge in [0.1, 0.15) is 0 Å². The van der Waals surface area contributed by atoms with Gasteiger partial charge in [0.05, 0.1) is 6.61 Å². The van der Waals surface area contributed by atoms with Gasteiger partial charge in [-0.25, -0.2) is 5.90 Å². The van der Waals surface area contributed by atoms with Crippen molar-refractivity contribution in [3.63, 3.8) is 0 Å². The maximum atomic E-state index is 5.02. The van der Waals surface area contributed by atoms with E-state index < -0.39 is 0 Å². The Labute approximate surface area is 80.6 Å². The van der Waals surface area contributed by atoms with Gasteiger partial charge in [-0.3, -0.25) is 4.90 Å². The summed E-state index contributed by atoms with van der Waals surface area (Å²) in [6.45, 7) is 8.34. The van der Waals surface area contributed by atoms with Gasteiger partial charge in [0.15, 0.2) is 0 Å². The van der Waals surface area contributed by atoms with E-state index in [1.807, 2.05) is 0 Å². The topological polar surface area (TPSA) is 41.7 Å². The second-order valence-electron chi connectivity index (χ2n) is 3.87. The van der Waals surface area contributed by atoms with Crippen molar-refractivity contribution in [2.45, 2.75) is 25.9 Å². The van der Waals surface area contributed by atoms with Crippen LogP contribution in [0.4, 0.5) is 0 Å². The van der Waals surface area contributed by atoms with Crippen LogP contribution in [0.2, 0.25) is 0 Å². The summed E-state index contributed by atoms with van der Waals surface area (Å²) in [5.41, 5.74) is 0. The lowest BCUT2D eigenvalue weighted by molar-refractivity contribution is 0.0255. The molecule has 1 aliphatic rings. The van der Waals surface area contributed by atoms with E-state index in [9.17, 15) is 0 Å². The van der Waals surface area contributed by atoms with Gasteiger partial charge in [-0.15, -0.1) is 0 Å². The zero-order chi connectivity index (χ0) is 9.84. The average Bonchev–Trinajstić information content (AvgIpc) is 2.13. The van der Waals surface area contributed by atoms with Crippen LogP contribution in [0.25, 0.3) is 0 Å². The summed E-state index contributed by atoms with van der Waals surface area (Å²) in [5, 5.41) is 0. The van der Waals surface area contributed by atoms with Crippen molar-refractivity contribution in [3.8, 4) is 0 Å². The first-order valence-electron chi connectivity index (χ1n) is 4.92. The van der Waals surface area contributed by atoms with Crippen LogP contribution in [0.15, 0.2) is 0 Å². The van der Waals surface area contributed by atoms with Crippen molar-refractivity contribution < 1.29 is 4.84 Å². The predicted molar refractivity (Wildman–Crippen MR) is 53.3 cm³/mol. The van der Waals surface area contributed by atoms with E-state index >= 15 is 0 Å². The molecule has 0 spiro atoms. The first-order chi connectivity index (χ1) is 6.16. The lowest BCUT2D eigenvalue weighted by atomic mass is 10.1. The second-order valence-corrected chi connectivity index (χ2v) is 3.87. The molecule has 0 saturated carbocycles. The van der Waals surface area contributed by atoms with Crippen molar-refractivity contribution in [2.75, 3.05) is 33.3 Å². The molecule has 4 nitrogen and oxygen atoms in total. The quantitative estimate of drug-likeness (QED) is 0.627. The van der Waals surface area contributed by atoms with E-state index in [0.717, 1.165) is 19.6 Å². The molecule has 0 aromatic rings. The maximum Gasteiger partial charge on any atom is 0.0806 e. The Hall–Kier alpha value is -0.160. The number of hydrogen-bond donors (Lipinski definition) is 1. The van der Waals surface area contributed by atoms with Gasteiger partial charge < -0.3 is 9.74 Å². The van der Waals surface area contributed by atoms with E-state index in [1.54, 1.807) is 0 Å². The fourth-order valence-corrected chi connectivity index (χ4v) is 1.85. The molecule has 0 aromatic carbocycles. The molecule has 1 heterocycles. The number of nitrogens with zero attached hydrogens (tertiary/aromatic N) is 2. The fourth-order valence-electron chi connectivity index (χ4n) is 1.85. The van der Waals surface area contributed by atoms with E-state index in [0.29, 0.717) is 18.7 Å². The smallest absolute Gasteiger partial charge is 0.0806 e. The minimum atomic E-state index is 0.592. The summed E-state index contributed by atoms with van der Waals surface area (Å²) in [5.74, 6) is 5.02. The summed E-state index contributed by atoms with van der Waals surface area (Å²) in [7, 11) is 2.18. The van der Waals surface area contributed by atoms with Crippen LogP contribution < -0.4 is 5.90 Å². The third-order valence-corrected chi connectivity index (χ3v) is 3.21. The van der Waals surface area contributed by atoms with Gasteiger partial charge >= 0.3 is 0 Å². The monoisotopic (exact) mass is 187 g/mol. The average molecular weight is 187 g/mol. The Bertz CT molecular complexity index is 152. The van der Waals surface area contributed by atoms with Gasteiger partial charge in [-0.05, 0) is 20.9 Å². The van der Waals surface area contributed by atoms with Gasteiger partial charge in [0.25, 0.3) is 0 Å². The SMILES string of the molecule is CC1C(C)N(CCON)CCN1C. The van der Waals surface area contributed by atoms with Gasteiger partial charge in [0.2, 0.25) is 0 Å². The number of nitrogens with two attached hydrogens (primary N) is 1. The molecule has 4 heteroatoms. The van der Waals surface area contributed by atoms with Crippen molar-refractivity contribution in [1.29, 1.82) is 0 Å². The van der Waals surface area contributed by atoms with E-state index in [1.165, 1.54) is 0 Å². The third-order valence-electron chi connectivity index (χ3n) is 3.21. The largest absolute Gasteiger partial charge is 0.303 e. The number of hydrogen-bond acceptors (Lipinski definition) is 4. The number of likely N-dealkylation sites (N-methyl/N-ethyl adjacent to an activating group) is 1. The van der Waals surface area contributed by atoms with Crippen LogP contribution in [0, 0.1) is 0 Å². The van der Waals surface area contributed by atoms with E-state index in [4.69, 9.17) is 5.90 Å². The number of piperazine rings is 1. The Morgan fingerprint density at radius 2 is 2.00 bits per heavy atom. The Morgan fingerprint density at radius 3 is 2.62 bits per heavy atom. The summed E-state index contributed by atoms with van der Waals surface area (Å²) >= 11 is 0. The third kappa shape index (κ3) is 2.64. The molecule has 0 aromatic heterocycles. The first-order valence-corrected chi connectivity index (χ1v) is 4.92. The Kier molecular flexibility index (Phi) is 4.12. The van der Waals surface area contributed by atoms with Crippen LogP contribution in [-0.2, 0) is 4.84 Å². The molecule has 78 valence electrons. The highest BCUT2D eigenvalue weighted by Crippen LogP contribution is 2.14. The van der Waals surface area contributed by atoms with Crippen LogP contribution in [-0.4, -0.2) is 55.2 Å². The molecule has 0 bridgehead atoms. The van der Waals surface area contributed by atoms with Crippen molar-refractivity contribution in [3.05, 3.63) is 0 Å². The van der Waals surface area contributed by atoms with Crippen molar-refractivity contribution in [2.24, 2.45) is 5.90 Å². The molecule has 0 aliphatic carbocycles. The van der Waals surface area contributed by atoms with Gasteiger partial charge in [-0.2, -0.15) is 0 Å². The van der Waals surface area contributed by atoms with Crippen LogP contribution >= 0.6 is 0 Å². The highest BCUT2D eigenvalue weighted by atomic mass is 16.6. The molecule has 0 amide bonds. The second kappa shape index (κ2) is 4.91. The van der Waals surface area contributed by atoms with Gasteiger partial charge in [0, 0.05) is 31.7 Å². The minimum Gasteiger partial charge on any atom is -0.303 e. The molecular weight excluding hydrogens is 166 g/mol. The Morgan fingerprint density at radius 1 is 1.31 bits per heavy atom. The van der Waals surface area contributed by atoms with Crippen LogP contribution in [0.5, 0.6) is 0 Å². The fraction of sp³-hybridized carbons (Fsp3) is 1.00. The summed E-state index contributed by atoms with van der Waals surface area (Å²) in [6.07, 6.45) is 0. The first kappa shape index (κ1) is 10.9. The Balaban J connectivity index is 2.39. The summed E-state index contributed by atoms with van der Waals surface area (Å²) in [4.78, 5) is 9.42. The maximum absolute atomic E-state index is 5.02. The zero-order valence-corrected chi connectivity index (χ0v) is 8.86. The molecule has 13 heavy (non-hydrogen) atoms. The van der Waals surface area contributed by atoms with Crippen molar-refractivity contribution >= 4 is 0 Å². The van der Waals surface area contributed by atoms with E-state index in [2.05, 4.69) is 35.5 Å². The number of rotatable bonds is 3. The minimum absolute atomic E-state index is 0.592. The summed E-state index contributed by atoms with van der Waals surface area (Å²) < 4.78 is 0. The van der Waals surface area contributed by atoms with Crippen molar-refractivity contribution in [1.82, 2.24) is 9.80 Å². The normalized spacial score (nSPS) is 32.3. The lowest BCUT2D eigenvalue weighted by Gasteiger charge is -2.43. The molecule has 2 unspecified atom stereocenters. The summed E-state index contributed by atoms with van der Waals surface area (Å²) in [6, 6.07) is 1.21. The molecular formula is C9H21N3O.